The Bertz CT molecular complexity index is 1190. The molecule has 32 heavy (non-hydrogen) atoms. The van der Waals surface area contributed by atoms with Crippen molar-refractivity contribution in [1.82, 2.24) is 14.8 Å². The molecule has 4 aromatic rings. The highest BCUT2D eigenvalue weighted by Gasteiger charge is 2.18. The normalized spacial score (nSPS) is 10.7. The van der Waals surface area contributed by atoms with Gasteiger partial charge in [-0.15, -0.1) is 10.2 Å². The first kappa shape index (κ1) is 21.6. The molecule has 0 spiro atoms. The zero-order chi connectivity index (χ0) is 22.3. The molecule has 162 valence electrons. The van der Waals surface area contributed by atoms with Gasteiger partial charge in [-0.05, 0) is 42.3 Å². The van der Waals surface area contributed by atoms with Crippen molar-refractivity contribution < 1.29 is 9.53 Å². The Morgan fingerprint density at radius 2 is 1.84 bits per heavy atom. The van der Waals surface area contributed by atoms with Gasteiger partial charge in [-0.2, -0.15) is 0 Å². The van der Waals surface area contributed by atoms with Gasteiger partial charge in [0.15, 0.2) is 5.16 Å². The van der Waals surface area contributed by atoms with E-state index < -0.39 is 0 Å². The maximum Gasteiger partial charge on any atom is 0.237 e. The summed E-state index contributed by atoms with van der Waals surface area (Å²) in [6.45, 7) is 2.53. The predicted octanol–water partition coefficient (Wildman–Crippen LogP) is 4.91. The summed E-state index contributed by atoms with van der Waals surface area (Å²) in [7, 11) is 1.63. The van der Waals surface area contributed by atoms with E-state index in [0.29, 0.717) is 11.7 Å². The van der Waals surface area contributed by atoms with Crippen molar-refractivity contribution in [3.63, 3.8) is 0 Å². The molecule has 0 aliphatic rings. The molecule has 0 saturated carbocycles. The summed E-state index contributed by atoms with van der Waals surface area (Å²) in [6, 6.07) is 25.7. The maximum absolute atomic E-state index is 13.3. The Morgan fingerprint density at radius 1 is 1.03 bits per heavy atom. The number of thioether (sulfide) groups is 1. The number of amides is 1. The van der Waals surface area contributed by atoms with Crippen LogP contribution in [0, 0.1) is 6.92 Å². The van der Waals surface area contributed by atoms with Crippen LogP contribution in [0.2, 0.25) is 0 Å². The van der Waals surface area contributed by atoms with Crippen molar-refractivity contribution >= 4 is 23.4 Å². The second kappa shape index (κ2) is 10.2. The lowest BCUT2D eigenvalue weighted by Crippen LogP contribution is -2.32. The third kappa shape index (κ3) is 5.18. The predicted molar refractivity (Wildman–Crippen MR) is 127 cm³/mol. The average Bonchev–Trinajstić information content (AvgIpc) is 3.30. The van der Waals surface area contributed by atoms with Crippen LogP contribution in [0.15, 0.2) is 90.3 Å². The monoisotopic (exact) mass is 444 g/mol. The number of hydrogen-bond donors (Lipinski definition) is 0. The van der Waals surface area contributed by atoms with E-state index in [1.165, 1.54) is 11.8 Å². The maximum atomic E-state index is 13.3. The molecule has 0 atom stereocenters. The second-order valence-corrected chi connectivity index (χ2v) is 8.22. The number of benzene rings is 3. The molecule has 1 amide bonds. The number of anilines is 1. The number of aryl methyl sites for hydroxylation is 1. The number of rotatable bonds is 8. The van der Waals surface area contributed by atoms with Crippen LogP contribution in [0.3, 0.4) is 0 Å². The molecule has 1 aromatic heterocycles. The van der Waals surface area contributed by atoms with E-state index in [-0.39, 0.29) is 11.7 Å². The number of methoxy groups -OCH3 is 1. The highest BCUT2D eigenvalue weighted by atomic mass is 32.2. The van der Waals surface area contributed by atoms with Gasteiger partial charge >= 0.3 is 0 Å². The summed E-state index contributed by atoms with van der Waals surface area (Å²) in [5.41, 5.74) is 3.95. The topological polar surface area (TPSA) is 60.2 Å². The number of carbonyl (C=O) groups is 1. The van der Waals surface area contributed by atoms with E-state index in [2.05, 4.69) is 10.2 Å². The van der Waals surface area contributed by atoms with Gasteiger partial charge in [-0.1, -0.05) is 60.3 Å². The van der Waals surface area contributed by atoms with E-state index in [9.17, 15) is 4.79 Å². The van der Waals surface area contributed by atoms with Crippen LogP contribution in [0.1, 0.15) is 11.1 Å². The smallest absolute Gasteiger partial charge is 0.237 e. The number of nitrogens with zero attached hydrogens (tertiary/aromatic N) is 4. The van der Waals surface area contributed by atoms with Crippen LogP contribution in [0.5, 0.6) is 5.75 Å². The van der Waals surface area contributed by atoms with Crippen molar-refractivity contribution in [3.05, 3.63) is 96.3 Å². The standard InChI is InChI=1S/C25H24N4O2S/c1-19-8-6-11-21(14-19)28(16-20-9-4-3-5-10-20)24(30)17-32-25-27-26-18-29(25)22-12-7-13-23(15-22)31-2/h3-15,18H,16-17H2,1-2H3. The van der Waals surface area contributed by atoms with Gasteiger partial charge in [0, 0.05) is 11.8 Å². The van der Waals surface area contributed by atoms with Gasteiger partial charge in [-0.3, -0.25) is 9.36 Å². The molecule has 6 nitrogen and oxygen atoms in total. The molecular formula is C25H24N4O2S. The van der Waals surface area contributed by atoms with Crippen LogP contribution in [-0.4, -0.2) is 33.5 Å². The van der Waals surface area contributed by atoms with E-state index in [1.807, 2.05) is 95.3 Å². The fraction of sp³-hybridized carbons (Fsp3) is 0.160. The van der Waals surface area contributed by atoms with Crippen molar-refractivity contribution in [1.29, 1.82) is 0 Å². The van der Waals surface area contributed by atoms with Gasteiger partial charge in [-0.25, -0.2) is 0 Å². The van der Waals surface area contributed by atoms with Crippen molar-refractivity contribution in [2.45, 2.75) is 18.6 Å². The lowest BCUT2D eigenvalue weighted by Gasteiger charge is -2.23. The Hall–Kier alpha value is -3.58. The molecule has 0 aliphatic heterocycles. The zero-order valence-corrected chi connectivity index (χ0v) is 18.8. The molecule has 0 saturated heterocycles. The lowest BCUT2D eigenvalue weighted by molar-refractivity contribution is -0.116. The van der Waals surface area contributed by atoms with Gasteiger partial charge in [0.1, 0.15) is 12.1 Å². The van der Waals surface area contributed by atoms with Gasteiger partial charge in [0.25, 0.3) is 0 Å². The van der Waals surface area contributed by atoms with Gasteiger partial charge in [0.2, 0.25) is 5.91 Å². The average molecular weight is 445 g/mol. The van der Waals surface area contributed by atoms with Crippen molar-refractivity contribution in [2.24, 2.45) is 0 Å². The van der Waals surface area contributed by atoms with Crippen LogP contribution in [-0.2, 0) is 11.3 Å². The van der Waals surface area contributed by atoms with Crippen molar-refractivity contribution in [2.75, 3.05) is 17.8 Å². The van der Waals surface area contributed by atoms with Crippen LogP contribution in [0.25, 0.3) is 5.69 Å². The van der Waals surface area contributed by atoms with Crippen LogP contribution < -0.4 is 9.64 Å². The number of ether oxygens (including phenoxy) is 1. The summed E-state index contributed by atoms with van der Waals surface area (Å²) < 4.78 is 7.17. The summed E-state index contributed by atoms with van der Waals surface area (Å²) in [5, 5.41) is 8.90. The van der Waals surface area contributed by atoms with E-state index in [0.717, 1.165) is 28.3 Å². The Kier molecular flexibility index (Phi) is 6.87. The van der Waals surface area contributed by atoms with Crippen LogP contribution in [0.4, 0.5) is 5.69 Å². The first-order valence-corrected chi connectivity index (χ1v) is 11.2. The molecule has 0 N–H and O–H groups in total. The minimum absolute atomic E-state index is 0.00430. The summed E-state index contributed by atoms with van der Waals surface area (Å²) >= 11 is 1.37. The third-order valence-electron chi connectivity index (χ3n) is 4.97. The third-order valence-corrected chi connectivity index (χ3v) is 5.90. The minimum atomic E-state index is 0.00430. The second-order valence-electron chi connectivity index (χ2n) is 7.28. The fourth-order valence-electron chi connectivity index (χ4n) is 3.35. The fourth-order valence-corrected chi connectivity index (χ4v) is 4.15. The lowest BCUT2D eigenvalue weighted by atomic mass is 10.1. The first-order chi connectivity index (χ1) is 15.6. The SMILES string of the molecule is COc1cccc(-n2cnnc2SCC(=O)N(Cc2ccccc2)c2cccc(C)c2)c1. The molecule has 3 aromatic carbocycles. The van der Waals surface area contributed by atoms with Gasteiger partial charge < -0.3 is 9.64 Å². The molecular weight excluding hydrogens is 420 g/mol. The molecule has 4 rings (SSSR count). The quantitative estimate of drug-likeness (QED) is 0.362. The van der Waals surface area contributed by atoms with E-state index >= 15 is 0 Å². The molecule has 0 radical (unpaired) electrons. The van der Waals surface area contributed by atoms with Crippen LogP contribution >= 0.6 is 11.8 Å². The van der Waals surface area contributed by atoms with Gasteiger partial charge in [0.05, 0.1) is 25.1 Å². The largest absolute Gasteiger partial charge is 0.497 e. The highest BCUT2D eigenvalue weighted by Crippen LogP contribution is 2.25. The van der Waals surface area contributed by atoms with E-state index in [4.69, 9.17) is 4.74 Å². The zero-order valence-electron chi connectivity index (χ0n) is 18.0. The summed E-state index contributed by atoms with van der Waals surface area (Å²) in [6.07, 6.45) is 1.64. The highest BCUT2D eigenvalue weighted by molar-refractivity contribution is 7.99. The number of aromatic nitrogens is 3. The molecule has 0 aliphatic carbocycles. The first-order valence-electron chi connectivity index (χ1n) is 10.2. The Morgan fingerprint density at radius 3 is 2.62 bits per heavy atom. The Labute approximate surface area is 191 Å². The summed E-state index contributed by atoms with van der Waals surface area (Å²) in [4.78, 5) is 15.2. The number of hydrogen-bond acceptors (Lipinski definition) is 5. The molecule has 0 bridgehead atoms. The molecule has 0 fully saturated rings. The molecule has 1 heterocycles. The summed E-state index contributed by atoms with van der Waals surface area (Å²) in [5.74, 6) is 0.991. The van der Waals surface area contributed by atoms with Crippen molar-refractivity contribution in [3.8, 4) is 11.4 Å². The molecule has 7 heteroatoms. The minimum Gasteiger partial charge on any atom is -0.497 e. The number of carbonyl (C=O) groups excluding carboxylic acids is 1. The Balaban J connectivity index is 1.54. The molecule has 0 unspecified atom stereocenters. The van der Waals surface area contributed by atoms with E-state index in [1.54, 1.807) is 13.4 Å².